The van der Waals surface area contributed by atoms with Gasteiger partial charge >= 0.3 is 0 Å². The molecule has 0 aromatic carbocycles. The first-order chi connectivity index (χ1) is 7.99. The molecule has 0 saturated heterocycles. The van der Waals surface area contributed by atoms with Crippen molar-refractivity contribution in [3.05, 3.63) is 0 Å². The highest BCUT2D eigenvalue weighted by molar-refractivity contribution is 5.77. The third-order valence-electron chi connectivity index (χ3n) is 2.94. The number of rotatable bonds is 8. The zero-order valence-electron chi connectivity index (χ0n) is 11.4. The second-order valence-electron chi connectivity index (χ2n) is 5.04. The Morgan fingerprint density at radius 1 is 1.24 bits per heavy atom. The van der Waals surface area contributed by atoms with Gasteiger partial charge in [-0.15, -0.1) is 0 Å². The van der Waals surface area contributed by atoms with Crippen molar-refractivity contribution in [1.82, 2.24) is 10.6 Å². The maximum absolute atomic E-state index is 11.4. The maximum atomic E-state index is 11.4. The smallest absolute Gasteiger partial charge is 0.233 e. The number of nitrogens with one attached hydrogen (secondary N) is 2. The van der Waals surface area contributed by atoms with Gasteiger partial charge in [0.05, 0.1) is 19.0 Å². The number of nitrogens with zero attached hydrogens (tertiary/aromatic N) is 1. The van der Waals surface area contributed by atoms with Crippen LogP contribution in [0.1, 0.15) is 34.1 Å². The van der Waals surface area contributed by atoms with Gasteiger partial charge in [-0.2, -0.15) is 5.26 Å². The molecule has 0 aliphatic carbocycles. The fraction of sp³-hybridized carbons (Fsp3) is 0.846. The van der Waals surface area contributed by atoms with E-state index in [1.165, 1.54) is 0 Å². The molecular formula is C13H25N3O. The zero-order chi connectivity index (χ0) is 13.3. The van der Waals surface area contributed by atoms with Gasteiger partial charge in [0.15, 0.2) is 0 Å². The molecule has 0 rings (SSSR count). The summed E-state index contributed by atoms with van der Waals surface area (Å²) in [5, 5.41) is 14.2. The lowest BCUT2D eigenvalue weighted by Gasteiger charge is -2.25. The number of hydrogen-bond donors (Lipinski definition) is 2. The third kappa shape index (κ3) is 7.76. The topological polar surface area (TPSA) is 64.9 Å². The monoisotopic (exact) mass is 239 g/mol. The fourth-order valence-corrected chi connectivity index (χ4v) is 1.91. The summed E-state index contributed by atoms with van der Waals surface area (Å²) in [6.45, 7) is 10.5. The standard InChI is InChI=1S/C13H25N3O/c1-10(2)12(11(3)4)8-15-9-13(17)16-7-5-6-14/h10-12,15H,5,7-9H2,1-4H3,(H,16,17). The van der Waals surface area contributed by atoms with Crippen molar-refractivity contribution in [1.29, 1.82) is 5.26 Å². The molecule has 4 nitrogen and oxygen atoms in total. The molecule has 0 bridgehead atoms. The van der Waals surface area contributed by atoms with Crippen molar-refractivity contribution >= 4 is 5.91 Å². The second-order valence-corrected chi connectivity index (χ2v) is 5.04. The molecule has 0 saturated carbocycles. The van der Waals surface area contributed by atoms with Gasteiger partial charge in [-0.25, -0.2) is 0 Å². The van der Waals surface area contributed by atoms with Crippen molar-refractivity contribution in [2.75, 3.05) is 19.6 Å². The highest BCUT2D eigenvalue weighted by atomic mass is 16.1. The number of carbonyl (C=O) groups is 1. The molecule has 0 radical (unpaired) electrons. The van der Waals surface area contributed by atoms with Gasteiger partial charge in [0.1, 0.15) is 0 Å². The molecule has 0 aliphatic rings. The molecule has 0 aromatic heterocycles. The lowest BCUT2D eigenvalue weighted by molar-refractivity contribution is -0.120. The van der Waals surface area contributed by atoms with Crippen molar-refractivity contribution < 1.29 is 4.79 Å². The molecule has 0 atom stereocenters. The Balaban J connectivity index is 3.74. The summed E-state index contributed by atoms with van der Waals surface area (Å²) >= 11 is 0. The van der Waals surface area contributed by atoms with Gasteiger partial charge in [-0.3, -0.25) is 4.79 Å². The normalized spacial score (nSPS) is 10.9. The van der Waals surface area contributed by atoms with Gasteiger partial charge in [-0.05, 0) is 24.3 Å². The number of carbonyl (C=O) groups excluding carboxylic acids is 1. The van der Waals surface area contributed by atoms with Crippen LogP contribution >= 0.6 is 0 Å². The lowest BCUT2D eigenvalue weighted by atomic mass is 9.85. The molecule has 1 amide bonds. The van der Waals surface area contributed by atoms with E-state index in [1.54, 1.807) is 0 Å². The number of hydrogen-bond acceptors (Lipinski definition) is 3. The molecule has 0 fully saturated rings. The van der Waals surface area contributed by atoms with Crippen LogP contribution in [-0.4, -0.2) is 25.5 Å². The fourth-order valence-electron chi connectivity index (χ4n) is 1.91. The number of amides is 1. The largest absolute Gasteiger partial charge is 0.354 e. The summed E-state index contributed by atoms with van der Waals surface area (Å²) in [6.07, 6.45) is 0.367. The third-order valence-corrected chi connectivity index (χ3v) is 2.94. The van der Waals surface area contributed by atoms with Crippen LogP contribution in [0.25, 0.3) is 0 Å². The summed E-state index contributed by atoms with van der Waals surface area (Å²) in [4.78, 5) is 11.4. The quantitative estimate of drug-likeness (QED) is 0.631. The van der Waals surface area contributed by atoms with E-state index in [-0.39, 0.29) is 5.91 Å². The van der Waals surface area contributed by atoms with Crippen LogP contribution in [0, 0.1) is 29.1 Å². The highest BCUT2D eigenvalue weighted by Crippen LogP contribution is 2.19. The van der Waals surface area contributed by atoms with Crippen molar-refractivity contribution in [3.63, 3.8) is 0 Å². The average Bonchev–Trinajstić information content (AvgIpc) is 2.23. The van der Waals surface area contributed by atoms with Crippen molar-refractivity contribution in [2.45, 2.75) is 34.1 Å². The predicted octanol–water partition coefficient (Wildman–Crippen LogP) is 1.53. The summed E-state index contributed by atoms with van der Waals surface area (Å²) in [5.41, 5.74) is 0. The van der Waals surface area contributed by atoms with Crippen molar-refractivity contribution in [3.8, 4) is 6.07 Å². The van der Waals surface area contributed by atoms with E-state index in [9.17, 15) is 4.79 Å². The average molecular weight is 239 g/mol. The molecule has 0 heterocycles. The first-order valence-electron chi connectivity index (χ1n) is 6.33. The predicted molar refractivity (Wildman–Crippen MR) is 69.3 cm³/mol. The van der Waals surface area contributed by atoms with Crippen molar-refractivity contribution in [2.24, 2.45) is 17.8 Å². The van der Waals surface area contributed by atoms with Gasteiger partial charge in [0, 0.05) is 6.54 Å². The zero-order valence-corrected chi connectivity index (χ0v) is 11.4. The first-order valence-corrected chi connectivity index (χ1v) is 6.33. The van der Waals surface area contributed by atoms with E-state index >= 15 is 0 Å². The molecule has 0 aliphatic heterocycles. The molecule has 4 heteroatoms. The lowest BCUT2D eigenvalue weighted by Crippen LogP contribution is -2.38. The summed E-state index contributed by atoms with van der Waals surface area (Å²) in [5.74, 6) is 1.78. The molecule has 2 N–H and O–H groups in total. The molecule has 0 unspecified atom stereocenters. The van der Waals surface area contributed by atoms with E-state index < -0.39 is 0 Å². The minimum Gasteiger partial charge on any atom is -0.354 e. The molecule has 17 heavy (non-hydrogen) atoms. The molecule has 0 aromatic rings. The Morgan fingerprint density at radius 3 is 2.29 bits per heavy atom. The van der Waals surface area contributed by atoms with E-state index in [4.69, 9.17) is 5.26 Å². The van der Waals surface area contributed by atoms with Gasteiger partial charge in [0.2, 0.25) is 5.91 Å². The summed E-state index contributed by atoms with van der Waals surface area (Å²) < 4.78 is 0. The summed E-state index contributed by atoms with van der Waals surface area (Å²) in [7, 11) is 0. The van der Waals surface area contributed by atoms with Crippen LogP contribution in [0.5, 0.6) is 0 Å². The van der Waals surface area contributed by atoms with E-state index in [0.717, 1.165) is 6.54 Å². The van der Waals surface area contributed by atoms with Crippen LogP contribution in [0.3, 0.4) is 0 Å². The van der Waals surface area contributed by atoms with Crippen LogP contribution in [0.15, 0.2) is 0 Å². The Bertz CT molecular complexity index is 248. The highest BCUT2D eigenvalue weighted by Gasteiger charge is 2.17. The summed E-state index contributed by atoms with van der Waals surface area (Å²) in [6, 6.07) is 1.99. The van der Waals surface area contributed by atoms with Crippen LogP contribution < -0.4 is 10.6 Å². The Hall–Kier alpha value is -1.08. The molecule has 0 spiro atoms. The Morgan fingerprint density at radius 2 is 1.82 bits per heavy atom. The minimum absolute atomic E-state index is 0.0356. The SMILES string of the molecule is CC(C)C(CNCC(=O)NCCC#N)C(C)C. The minimum atomic E-state index is -0.0356. The number of nitriles is 1. The van der Waals surface area contributed by atoms with Gasteiger partial charge in [-0.1, -0.05) is 27.7 Å². The van der Waals surface area contributed by atoms with Crippen LogP contribution in [-0.2, 0) is 4.79 Å². The Kier molecular flexibility index (Phi) is 8.43. The van der Waals surface area contributed by atoms with Crippen LogP contribution in [0.4, 0.5) is 0 Å². The van der Waals surface area contributed by atoms with Gasteiger partial charge < -0.3 is 10.6 Å². The second kappa shape index (κ2) is 9.00. The first kappa shape index (κ1) is 15.9. The van der Waals surface area contributed by atoms with E-state index in [0.29, 0.717) is 37.3 Å². The molecule has 98 valence electrons. The van der Waals surface area contributed by atoms with Gasteiger partial charge in [0.25, 0.3) is 0 Å². The maximum Gasteiger partial charge on any atom is 0.233 e. The van der Waals surface area contributed by atoms with E-state index in [1.807, 2.05) is 6.07 Å². The Labute approximate surface area is 105 Å². The van der Waals surface area contributed by atoms with Crippen LogP contribution in [0.2, 0.25) is 0 Å². The molecular weight excluding hydrogens is 214 g/mol. The van der Waals surface area contributed by atoms with E-state index in [2.05, 4.69) is 38.3 Å².